The Labute approximate surface area is 52.5 Å². The van der Waals surface area contributed by atoms with Gasteiger partial charge in [0, 0.05) is 0 Å². The molecule has 0 aliphatic carbocycles. The number of nitrogens with zero attached hydrogens (tertiary/aromatic N) is 3. The summed E-state index contributed by atoms with van der Waals surface area (Å²) >= 11 is 0. The van der Waals surface area contributed by atoms with Gasteiger partial charge in [0.15, 0.2) is 0 Å². The van der Waals surface area contributed by atoms with Gasteiger partial charge in [-0.05, 0) is 6.92 Å². The summed E-state index contributed by atoms with van der Waals surface area (Å²) in [4.78, 5) is 3.80. The number of hydrogen-bond acceptors (Lipinski definition) is 3. The van der Waals surface area contributed by atoms with Gasteiger partial charge < -0.3 is 0 Å². The predicted octanol–water partition coefficient (Wildman–Crippen LogP) is 0.432. The van der Waals surface area contributed by atoms with Crippen LogP contribution in [0.1, 0.15) is 18.7 Å². The van der Waals surface area contributed by atoms with E-state index in [0.717, 1.165) is 0 Å². The fourth-order valence-corrected chi connectivity index (χ4v) is 0.485. The van der Waals surface area contributed by atoms with E-state index in [0.29, 0.717) is 5.82 Å². The van der Waals surface area contributed by atoms with Crippen LogP contribution in [0.15, 0.2) is 6.33 Å². The van der Waals surface area contributed by atoms with Crippen molar-refractivity contribution in [3.8, 4) is 6.07 Å². The molecule has 0 aliphatic rings. The molecule has 1 N–H and O–H groups in total. The Bertz CT molecular complexity index is 207. The summed E-state index contributed by atoms with van der Waals surface area (Å²) in [7, 11) is 0. The van der Waals surface area contributed by atoms with E-state index in [9.17, 15) is 0 Å². The van der Waals surface area contributed by atoms with Crippen molar-refractivity contribution in [1.29, 1.82) is 5.26 Å². The predicted molar refractivity (Wildman–Crippen MR) is 30.4 cm³/mol. The number of nitriles is 1. The van der Waals surface area contributed by atoms with Crippen LogP contribution in [0.4, 0.5) is 0 Å². The second kappa shape index (κ2) is 2.27. The number of nitrogens with one attached hydrogen (secondary N) is 1. The van der Waals surface area contributed by atoms with Crippen molar-refractivity contribution in [3.63, 3.8) is 0 Å². The van der Waals surface area contributed by atoms with Gasteiger partial charge in [-0.3, -0.25) is 5.10 Å². The van der Waals surface area contributed by atoms with E-state index in [4.69, 9.17) is 5.26 Å². The van der Waals surface area contributed by atoms with Crippen molar-refractivity contribution < 1.29 is 0 Å². The molecular formula is C5H6N4. The first-order valence-corrected chi connectivity index (χ1v) is 2.59. The third kappa shape index (κ3) is 1.05. The molecule has 0 spiro atoms. The molecule has 4 heteroatoms. The Balaban J connectivity index is 2.80. The SMILES string of the molecule is CC(C#N)c1ncn[nH]1. The number of hydrogen-bond donors (Lipinski definition) is 1. The smallest absolute Gasteiger partial charge is 0.141 e. The number of aromatic amines is 1. The summed E-state index contributed by atoms with van der Waals surface area (Å²) in [5.74, 6) is 0.435. The van der Waals surface area contributed by atoms with Gasteiger partial charge in [-0.1, -0.05) is 0 Å². The monoisotopic (exact) mass is 122 g/mol. The maximum Gasteiger partial charge on any atom is 0.141 e. The standard InChI is InChI=1S/C5H6N4/c1-4(2-6)5-7-3-8-9-5/h3-4H,1H3,(H,7,8,9). The van der Waals surface area contributed by atoms with E-state index in [1.54, 1.807) is 6.92 Å². The molecule has 0 amide bonds. The molecule has 0 aromatic carbocycles. The summed E-state index contributed by atoms with van der Waals surface area (Å²) in [6.45, 7) is 1.76. The van der Waals surface area contributed by atoms with Gasteiger partial charge in [-0.25, -0.2) is 4.98 Å². The van der Waals surface area contributed by atoms with Gasteiger partial charge >= 0.3 is 0 Å². The third-order valence-electron chi connectivity index (χ3n) is 1.04. The minimum absolute atomic E-state index is 0.188. The van der Waals surface area contributed by atoms with Crippen molar-refractivity contribution in [1.82, 2.24) is 15.2 Å². The van der Waals surface area contributed by atoms with Crippen molar-refractivity contribution >= 4 is 0 Å². The lowest BCUT2D eigenvalue weighted by Gasteiger charge is -1.90. The van der Waals surface area contributed by atoms with Gasteiger partial charge in [-0.2, -0.15) is 10.4 Å². The topological polar surface area (TPSA) is 65.4 Å². The lowest BCUT2D eigenvalue weighted by Crippen LogP contribution is -1.91. The van der Waals surface area contributed by atoms with Gasteiger partial charge in [0.1, 0.15) is 18.1 Å². The lowest BCUT2D eigenvalue weighted by molar-refractivity contribution is 0.861. The zero-order valence-corrected chi connectivity index (χ0v) is 5.00. The first kappa shape index (κ1) is 5.76. The van der Waals surface area contributed by atoms with Crippen LogP contribution in [0.5, 0.6) is 0 Å². The van der Waals surface area contributed by atoms with E-state index in [-0.39, 0.29) is 5.92 Å². The Kier molecular flexibility index (Phi) is 1.45. The van der Waals surface area contributed by atoms with Crippen LogP contribution < -0.4 is 0 Å². The first-order chi connectivity index (χ1) is 4.34. The summed E-state index contributed by atoms with van der Waals surface area (Å²) < 4.78 is 0. The highest BCUT2D eigenvalue weighted by molar-refractivity contribution is 5.02. The van der Waals surface area contributed by atoms with Crippen molar-refractivity contribution in [3.05, 3.63) is 12.2 Å². The molecule has 0 saturated carbocycles. The maximum absolute atomic E-state index is 8.37. The summed E-state index contributed by atoms with van der Waals surface area (Å²) in [6.07, 6.45) is 1.39. The molecule has 0 bridgehead atoms. The van der Waals surface area contributed by atoms with E-state index >= 15 is 0 Å². The highest BCUT2D eigenvalue weighted by Gasteiger charge is 2.04. The van der Waals surface area contributed by atoms with Crippen LogP contribution >= 0.6 is 0 Å². The third-order valence-corrected chi connectivity index (χ3v) is 1.04. The average molecular weight is 122 g/mol. The van der Waals surface area contributed by atoms with Crippen LogP contribution in [-0.4, -0.2) is 15.2 Å². The highest BCUT2D eigenvalue weighted by Crippen LogP contribution is 2.04. The molecule has 0 saturated heterocycles. The van der Waals surface area contributed by atoms with Gasteiger partial charge in [0.25, 0.3) is 0 Å². The molecule has 1 aromatic heterocycles. The molecule has 0 radical (unpaired) electrons. The largest absolute Gasteiger partial charge is 0.262 e. The minimum Gasteiger partial charge on any atom is -0.262 e. The molecule has 0 fully saturated rings. The fraction of sp³-hybridized carbons (Fsp3) is 0.400. The molecule has 4 nitrogen and oxygen atoms in total. The van der Waals surface area contributed by atoms with Crippen LogP contribution in [0.25, 0.3) is 0 Å². The molecule has 1 unspecified atom stereocenters. The Morgan fingerprint density at radius 1 is 1.89 bits per heavy atom. The van der Waals surface area contributed by atoms with Crippen LogP contribution in [0.3, 0.4) is 0 Å². The molecule has 1 aromatic rings. The van der Waals surface area contributed by atoms with Crippen LogP contribution in [0, 0.1) is 11.3 Å². The second-order valence-electron chi connectivity index (χ2n) is 1.72. The van der Waals surface area contributed by atoms with Crippen LogP contribution in [0.2, 0.25) is 0 Å². The fourth-order valence-electron chi connectivity index (χ4n) is 0.485. The van der Waals surface area contributed by atoms with Crippen LogP contribution in [-0.2, 0) is 0 Å². The highest BCUT2D eigenvalue weighted by atomic mass is 15.2. The quantitative estimate of drug-likeness (QED) is 0.587. The van der Waals surface area contributed by atoms with Crippen molar-refractivity contribution in [2.75, 3.05) is 0 Å². The zero-order chi connectivity index (χ0) is 6.69. The summed E-state index contributed by atoms with van der Waals surface area (Å²) in [5.41, 5.74) is 0. The normalized spacial score (nSPS) is 12.4. The van der Waals surface area contributed by atoms with E-state index < -0.39 is 0 Å². The maximum atomic E-state index is 8.37. The first-order valence-electron chi connectivity index (χ1n) is 2.59. The van der Waals surface area contributed by atoms with E-state index in [1.165, 1.54) is 6.33 Å². The number of rotatable bonds is 1. The van der Waals surface area contributed by atoms with Gasteiger partial charge in [0.2, 0.25) is 0 Å². The average Bonchev–Trinajstić information content (AvgIpc) is 2.37. The van der Waals surface area contributed by atoms with Crippen molar-refractivity contribution in [2.45, 2.75) is 12.8 Å². The molecule has 1 heterocycles. The zero-order valence-electron chi connectivity index (χ0n) is 5.00. The van der Waals surface area contributed by atoms with Crippen molar-refractivity contribution in [2.24, 2.45) is 0 Å². The Morgan fingerprint density at radius 2 is 2.67 bits per heavy atom. The minimum atomic E-state index is -0.188. The molecule has 1 rings (SSSR count). The summed E-state index contributed by atoms with van der Waals surface area (Å²) in [6, 6.07) is 2.03. The molecule has 0 aliphatic heterocycles. The molecule has 46 valence electrons. The lowest BCUT2D eigenvalue weighted by atomic mass is 10.2. The van der Waals surface area contributed by atoms with E-state index in [1.807, 2.05) is 6.07 Å². The van der Waals surface area contributed by atoms with Gasteiger partial charge in [0.05, 0.1) is 6.07 Å². The summed E-state index contributed by atoms with van der Waals surface area (Å²) in [5, 5.41) is 14.6. The second-order valence-corrected chi connectivity index (χ2v) is 1.72. The Hall–Kier alpha value is -1.37. The molecule has 1 atom stereocenters. The molecular weight excluding hydrogens is 116 g/mol. The number of H-pyrrole nitrogens is 1. The Morgan fingerprint density at radius 3 is 3.11 bits per heavy atom. The molecule has 9 heavy (non-hydrogen) atoms. The van der Waals surface area contributed by atoms with Gasteiger partial charge in [-0.15, -0.1) is 0 Å². The number of aromatic nitrogens is 3. The van der Waals surface area contributed by atoms with E-state index in [2.05, 4.69) is 15.2 Å².